The summed E-state index contributed by atoms with van der Waals surface area (Å²) in [7, 11) is 0. The lowest BCUT2D eigenvalue weighted by atomic mass is 10.1. The molecule has 156 valence electrons. The van der Waals surface area contributed by atoms with Gasteiger partial charge in [-0.25, -0.2) is 9.50 Å². The highest BCUT2D eigenvalue weighted by Gasteiger charge is 2.10. The number of nitrogens with zero attached hydrogens (tertiary/aromatic N) is 3. The molecular formula is C26H20N4O2. The number of benzene rings is 3. The molecule has 0 radical (unpaired) electrons. The number of rotatable bonds is 5. The Labute approximate surface area is 185 Å². The summed E-state index contributed by atoms with van der Waals surface area (Å²) < 4.78 is 7.79. The Morgan fingerprint density at radius 3 is 2.41 bits per heavy atom. The van der Waals surface area contributed by atoms with Crippen molar-refractivity contribution in [3.8, 4) is 34.0 Å². The maximum absolute atomic E-state index is 11.3. The number of para-hydroxylation sites is 1. The van der Waals surface area contributed by atoms with Crippen LogP contribution in [0.1, 0.15) is 6.92 Å². The van der Waals surface area contributed by atoms with Crippen LogP contribution in [0.4, 0.5) is 5.69 Å². The molecule has 3 aromatic carbocycles. The molecule has 32 heavy (non-hydrogen) atoms. The van der Waals surface area contributed by atoms with E-state index >= 15 is 0 Å². The number of imidazole rings is 1. The van der Waals surface area contributed by atoms with Gasteiger partial charge < -0.3 is 10.1 Å². The summed E-state index contributed by atoms with van der Waals surface area (Å²) in [6.45, 7) is 1.49. The summed E-state index contributed by atoms with van der Waals surface area (Å²) in [6.07, 6.45) is 1.80. The Hall–Kier alpha value is -4.45. The van der Waals surface area contributed by atoms with Crippen LogP contribution in [-0.2, 0) is 4.79 Å². The van der Waals surface area contributed by atoms with Gasteiger partial charge in [-0.15, -0.1) is 0 Å². The molecule has 0 aliphatic carbocycles. The molecule has 5 aromatic rings. The lowest BCUT2D eigenvalue weighted by Crippen LogP contribution is -2.05. The molecule has 2 heterocycles. The first-order chi connectivity index (χ1) is 15.7. The predicted molar refractivity (Wildman–Crippen MR) is 125 cm³/mol. The third kappa shape index (κ3) is 4.06. The van der Waals surface area contributed by atoms with E-state index in [0.29, 0.717) is 0 Å². The van der Waals surface area contributed by atoms with E-state index in [4.69, 9.17) is 9.84 Å². The van der Waals surface area contributed by atoms with Crippen LogP contribution < -0.4 is 10.1 Å². The number of carbonyl (C=O) groups excluding carboxylic acids is 1. The second kappa shape index (κ2) is 8.35. The third-order valence-electron chi connectivity index (χ3n) is 4.97. The van der Waals surface area contributed by atoms with E-state index in [0.717, 1.165) is 45.3 Å². The van der Waals surface area contributed by atoms with E-state index < -0.39 is 0 Å². The standard InChI is InChI=1S/C26H20N4O2/c1-18(31)28-21-12-10-19(11-13-21)25-17-27-26-15-14-24(29-30(25)26)20-6-5-9-23(16-20)32-22-7-3-2-4-8-22/h2-17H,1H3,(H,28,31). The summed E-state index contributed by atoms with van der Waals surface area (Å²) >= 11 is 0. The molecule has 0 aliphatic heterocycles. The van der Waals surface area contributed by atoms with Crippen molar-refractivity contribution in [2.24, 2.45) is 0 Å². The number of hydrogen-bond donors (Lipinski definition) is 1. The highest BCUT2D eigenvalue weighted by atomic mass is 16.5. The number of fused-ring (bicyclic) bond motifs is 1. The molecule has 2 aromatic heterocycles. The minimum atomic E-state index is -0.0997. The smallest absolute Gasteiger partial charge is 0.221 e. The number of aromatic nitrogens is 3. The van der Waals surface area contributed by atoms with Crippen molar-refractivity contribution in [1.82, 2.24) is 14.6 Å². The van der Waals surface area contributed by atoms with E-state index in [2.05, 4.69) is 10.3 Å². The molecule has 5 rings (SSSR count). The van der Waals surface area contributed by atoms with Crippen molar-refractivity contribution in [3.63, 3.8) is 0 Å². The van der Waals surface area contributed by atoms with Gasteiger partial charge in [0.25, 0.3) is 0 Å². The SMILES string of the molecule is CC(=O)Nc1ccc(-c2cnc3ccc(-c4cccc(Oc5ccccc5)c4)nn23)cc1. The molecule has 0 aliphatic rings. The highest BCUT2D eigenvalue weighted by Crippen LogP contribution is 2.28. The van der Waals surface area contributed by atoms with Crippen molar-refractivity contribution in [2.75, 3.05) is 5.32 Å². The van der Waals surface area contributed by atoms with Crippen molar-refractivity contribution < 1.29 is 9.53 Å². The summed E-state index contributed by atoms with van der Waals surface area (Å²) in [5.74, 6) is 1.43. The van der Waals surface area contributed by atoms with Crippen molar-refractivity contribution >= 4 is 17.2 Å². The van der Waals surface area contributed by atoms with Crippen molar-refractivity contribution in [2.45, 2.75) is 6.92 Å². The number of nitrogens with one attached hydrogen (secondary N) is 1. The molecule has 0 atom stereocenters. The summed E-state index contributed by atoms with van der Waals surface area (Å²) in [6, 6.07) is 29.1. The second-order valence-electron chi connectivity index (χ2n) is 7.33. The molecule has 0 spiro atoms. The molecule has 0 unspecified atom stereocenters. The van der Waals surface area contributed by atoms with Gasteiger partial charge >= 0.3 is 0 Å². The zero-order valence-electron chi connectivity index (χ0n) is 17.4. The summed E-state index contributed by atoms with van der Waals surface area (Å²) in [5.41, 5.74) is 5.08. The zero-order chi connectivity index (χ0) is 21.9. The van der Waals surface area contributed by atoms with Gasteiger partial charge in [0, 0.05) is 23.7 Å². The average molecular weight is 420 g/mol. The van der Waals surface area contributed by atoms with Crippen LogP contribution in [-0.4, -0.2) is 20.5 Å². The normalized spacial score (nSPS) is 10.8. The van der Waals surface area contributed by atoms with Gasteiger partial charge in [-0.05, 0) is 48.5 Å². The number of amides is 1. The Kier molecular flexibility index (Phi) is 5.09. The second-order valence-corrected chi connectivity index (χ2v) is 7.33. The minimum absolute atomic E-state index is 0.0997. The fraction of sp³-hybridized carbons (Fsp3) is 0.0385. The Balaban J connectivity index is 1.48. The third-order valence-corrected chi connectivity index (χ3v) is 4.97. The van der Waals surface area contributed by atoms with Crippen LogP contribution in [0.5, 0.6) is 11.5 Å². The fourth-order valence-electron chi connectivity index (χ4n) is 3.50. The number of ether oxygens (including phenoxy) is 1. The predicted octanol–water partition coefficient (Wildman–Crippen LogP) is 5.81. The minimum Gasteiger partial charge on any atom is -0.457 e. The van der Waals surface area contributed by atoms with Gasteiger partial charge in [0.15, 0.2) is 5.65 Å². The first kappa shape index (κ1) is 19.5. The van der Waals surface area contributed by atoms with Gasteiger partial charge in [0.1, 0.15) is 11.5 Å². The van der Waals surface area contributed by atoms with E-state index in [9.17, 15) is 4.79 Å². The monoisotopic (exact) mass is 420 g/mol. The van der Waals surface area contributed by atoms with Crippen LogP contribution in [0.15, 0.2) is 97.2 Å². The van der Waals surface area contributed by atoms with Gasteiger partial charge in [0.2, 0.25) is 5.91 Å². The molecule has 0 fully saturated rings. The highest BCUT2D eigenvalue weighted by molar-refractivity contribution is 5.89. The van der Waals surface area contributed by atoms with Crippen LogP contribution in [0, 0.1) is 0 Å². The molecule has 0 saturated heterocycles. The molecule has 6 heteroatoms. The lowest BCUT2D eigenvalue weighted by molar-refractivity contribution is -0.114. The van der Waals surface area contributed by atoms with Gasteiger partial charge in [-0.2, -0.15) is 5.10 Å². The lowest BCUT2D eigenvalue weighted by Gasteiger charge is -2.09. The zero-order valence-corrected chi connectivity index (χ0v) is 17.4. The van der Waals surface area contributed by atoms with Crippen molar-refractivity contribution in [1.29, 1.82) is 0 Å². The van der Waals surface area contributed by atoms with Gasteiger partial charge in [-0.1, -0.05) is 42.5 Å². The maximum Gasteiger partial charge on any atom is 0.221 e. The fourth-order valence-corrected chi connectivity index (χ4v) is 3.50. The molecule has 0 saturated carbocycles. The van der Waals surface area contributed by atoms with Gasteiger partial charge in [-0.3, -0.25) is 4.79 Å². The van der Waals surface area contributed by atoms with Crippen LogP contribution in [0.25, 0.3) is 28.2 Å². The van der Waals surface area contributed by atoms with Gasteiger partial charge in [0.05, 0.1) is 17.6 Å². The maximum atomic E-state index is 11.3. The molecule has 6 nitrogen and oxygen atoms in total. The summed E-state index contributed by atoms with van der Waals surface area (Å²) in [4.78, 5) is 15.7. The first-order valence-electron chi connectivity index (χ1n) is 10.2. The molecular weight excluding hydrogens is 400 g/mol. The van der Waals surface area contributed by atoms with Crippen LogP contribution >= 0.6 is 0 Å². The first-order valence-corrected chi connectivity index (χ1v) is 10.2. The summed E-state index contributed by atoms with van der Waals surface area (Å²) in [5, 5.41) is 7.61. The van der Waals surface area contributed by atoms with E-state index in [1.54, 1.807) is 6.20 Å². The number of carbonyl (C=O) groups is 1. The average Bonchev–Trinajstić information content (AvgIpc) is 3.23. The van der Waals surface area contributed by atoms with E-state index in [1.807, 2.05) is 95.5 Å². The van der Waals surface area contributed by atoms with Crippen LogP contribution in [0.3, 0.4) is 0 Å². The van der Waals surface area contributed by atoms with Crippen molar-refractivity contribution in [3.05, 3.63) is 97.2 Å². The molecule has 0 bridgehead atoms. The molecule has 1 N–H and O–H groups in total. The van der Waals surface area contributed by atoms with E-state index in [1.165, 1.54) is 6.92 Å². The quantitative estimate of drug-likeness (QED) is 0.389. The number of hydrogen-bond acceptors (Lipinski definition) is 4. The topological polar surface area (TPSA) is 68.5 Å². The van der Waals surface area contributed by atoms with E-state index in [-0.39, 0.29) is 5.91 Å². The Morgan fingerprint density at radius 2 is 1.62 bits per heavy atom. The largest absolute Gasteiger partial charge is 0.457 e. The molecule has 1 amide bonds. The Bertz CT molecular complexity index is 1390. The Morgan fingerprint density at radius 1 is 0.844 bits per heavy atom. The van der Waals surface area contributed by atoms with Crippen LogP contribution in [0.2, 0.25) is 0 Å². The number of anilines is 1.